The Balaban J connectivity index is 3.13. The lowest BCUT2D eigenvalue weighted by atomic mass is 10.1. The molecule has 0 saturated heterocycles. The lowest BCUT2D eigenvalue weighted by Gasteiger charge is -2.31. The average molecular weight is 555 g/mol. The molecule has 174 valence electrons. The highest BCUT2D eigenvalue weighted by molar-refractivity contribution is 6.67. The van der Waals surface area contributed by atoms with Crippen molar-refractivity contribution in [2.75, 3.05) is 13.7 Å². The first-order valence-electron chi connectivity index (χ1n) is 9.22. The quantitative estimate of drug-likeness (QED) is 0.245. The predicted octanol–water partition coefficient (Wildman–Crippen LogP) is 4.50. The van der Waals surface area contributed by atoms with Crippen LogP contribution in [0.3, 0.4) is 0 Å². The molecule has 2 amide bonds. The van der Waals surface area contributed by atoms with Crippen LogP contribution >= 0.6 is 69.6 Å². The van der Waals surface area contributed by atoms with Crippen molar-refractivity contribution >= 4 is 87.7 Å². The van der Waals surface area contributed by atoms with Crippen LogP contribution < -0.4 is 5.32 Å². The summed E-state index contributed by atoms with van der Waals surface area (Å²) in [5, 5.41) is 2.63. The van der Waals surface area contributed by atoms with E-state index in [-0.39, 0.29) is 50.6 Å². The highest BCUT2D eigenvalue weighted by Crippen LogP contribution is 2.37. The van der Waals surface area contributed by atoms with Crippen LogP contribution in [-0.2, 0) is 19.1 Å². The molecule has 6 nitrogen and oxygen atoms in total. The Hall–Kier alpha value is -0.550. The van der Waals surface area contributed by atoms with Gasteiger partial charge in [0, 0.05) is 12.8 Å². The third-order valence-corrected chi connectivity index (χ3v) is 5.66. The third kappa shape index (κ3) is 9.86. The first kappa shape index (κ1) is 28.5. The predicted molar refractivity (Wildman–Crippen MR) is 125 cm³/mol. The summed E-state index contributed by atoms with van der Waals surface area (Å²) in [4.78, 5) is 38.5. The summed E-state index contributed by atoms with van der Waals surface area (Å²) in [6.45, 7) is -0.0273. The third-order valence-electron chi connectivity index (χ3n) is 4.53. The fraction of sp³-hybridized carbons (Fsp3) is 0.632. The number of nitrogens with one attached hydrogen (secondary N) is 1. The summed E-state index contributed by atoms with van der Waals surface area (Å²) in [5.41, 5.74) is 0.281. The number of amides is 2. The minimum atomic E-state index is -1.62. The van der Waals surface area contributed by atoms with Crippen LogP contribution in [0.5, 0.6) is 0 Å². The number of hydrogen-bond donors (Lipinski definition) is 1. The number of methoxy groups -OCH3 is 1. The van der Waals surface area contributed by atoms with Gasteiger partial charge in [0.2, 0.25) is 11.8 Å². The molecule has 0 spiro atoms. The molecule has 0 fully saturated rings. The minimum absolute atomic E-state index is 0.00124. The molecule has 12 heteroatoms. The van der Waals surface area contributed by atoms with Crippen LogP contribution in [0, 0.1) is 12.3 Å². The molecule has 0 saturated carbocycles. The molecule has 2 atom stereocenters. The van der Waals surface area contributed by atoms with Gasteiger partial charge in [0.05, 0.1) is 25.3 Å². The maximum atomic E-state index is 13.4. The second kappa shape index (κ2) is 12.6. The van der Waals surface area contributed by atoms with Crippen molar-refractivity contribution in [1.29, 1.82) is 0 Å². The average Bonchev–Trinajstić information content (AvgIpc) is 3.03. The van der Waals surface area contributed by atoms with E-state index in [1.807, 2.05) is 0 Å². The molecule has 0 aromatic carbocycles. The smallest absolute Gasteiger partial charge is 0.246 e. The standard InChI is InChI=1S/C19H22Cl6N2O4/c1-3-4-5-15(29)26-13(6-8-18(20,21)22)17(30)27-10-12(11-28)16(31-2)14(27)7-9-19(23,24)25/h1,11,13-14H,4-10H2,2H3,(H,26,29)/t13-,14-/m1/s1. The van der Waals surface area contributed by atoms with E-state index in [2.05, 4.69) is 11.2 Å². The van der Waals surface area contributed by atoms with E-state index in [0.29, 0.717) is 12.0 Å². The van der Waals surface area contributed by atoms with E-state index in [4.69, 9.17) is 80.8 Å². The number of carbonyl (C=O) groups is 3. The number of ether oxygens (including phenoxy) is 1. The first-order valence-corrected chi connectivity index (χ1v) is 11.5. The second-order valence-electron chi connectivity index (χ2n) is 6.83. The van der Waals surface area contributed by atoms with Gasteiger partial charge in [-0.2, -0.15) is 0 Å². The lowest BCUT2D eigenvalue weighted by molar-refractivity contribution is -0.137. The fourth-order valence-corrected chi connectivity index (χ4v) is 3.78. The zero-order valence-corrected chi connectivity index (χ0v) is 21.1. The number of aldehydes is 1. The topological polar surface area (TPSA) is 75.7 Å². The van der Waals surface area contributed by atoms with Crippen molar-refractivity contribution in [3.05, 3.63) is 11.3 Å². The number of alkyl halides is 6. The number of carbonyl (C=O) groups excluding carboxylic acids is 3. The van der Waals surface area contributed by atoms with Gasteiger partial charge in [0.1, 0.15) is 11.8 Å². The summed E-state index contributed by atoms with van der Waals surface area (Å²) in [6.07, 6.45) is 6.39. The molecule has 1 aliphatic heterocycles. The monoisotopic (exact) mass is 552 g/mol. The van der Waals surface area contributed by atoms with E-state index < -0.39 is 31.5 Å². The molecule has 31 heavy (non-hydrogen) atoms. The van der Waals surface area contributed by atoms with E-state index in [9.17, 15) is 14.4 Å². The molecular formula is C19H22Cl6N2O4. The maximum absolute atomic E-state index is 13.4. The van der Waals surface area contributed by atoms with Crippen LogP contribution in [0.15, 0.2) is 11.3 Å². The summed E-state index contributed by atoms with van der Waals surface area (Å²) in [7, 11) is 1.39. The molecule has 0 unspecified atom stereocenters. The van der Waals surface area contributed by atoms with Crippen LogP contribution in [-0.4, -0.2) is 56.3 Å². The summed E-state index contributed by atoms with van der Waals surface area (Å²) >= 11 is 35.1. The molecular weight excluding hydrogens is 533 g/mol. The molecule has 0 radical (unpaired) electrons. The number of hydrogen-bond acceptors (Lipinski definition) is 4. The van der Waals surface area contributed by atoms with Gasteiger partial charge in [-0.1, -0.05) is 69.6 Å². The number of terminal acetylenes is 1. The Labute approximate surface area is 211 Å². The van der Waals surface area contributed by atoms with Gasteiger partial charge in [0.25, 0.3) is 0 Å². The molecule has 1 aliphatic rings. The fourth-order valence-electron chi connectivity index (χ4n) is 3.13. The van der Waals surface area contributed by atoms with Crippen LogP contribution in [0.25, 0.3) is 0 Å². The van der Waals surface area contributed by atoms with Crippen molar-refractivity contribution in [2.45, 2.75) is 58.2 Å². The SMILES string of the molecule is C#CCCC(=O)N[C@H](CCC(Cl)(Cl)Cl)C(=O)N1CC(C=O)=C(OC)[C@H]1CCC(Cl)(Cl)Cl. The molecule has 0 aliphatic carbocycles. The molecule has 0 aromatic rings. The Morgan fingerprint density at radius 1 is 1.26 bits per heavy atom. The van der Waals surface area contributed by atoms with Gasteiger partial charge in [0.15, 0.2) is 13.9 Å². The van der Waals surface area contributed by atoms with Gasteiger partial charge in [-0.25, -0.2) is 0 Å². The van der Waals surface area contributed by atoms with Gasteiger partial charge in [-0.3, -0.25) is 14.4 Å². The van der Waals surface area contributed by atoms with Gasteiger partial charge in [-0.15, -0.1) is 12.3 Å². The number of nitrogens with zero attached hydrogens (tertiary/aromatic N) is 1. The van der Waals surface area contributed by atoms with Crippen molar-refractivity contribution in [3.8, 4) is 12.3 Å². The lowest BCUT2D eigenvalue weighted by Crippen LogP contribution is -2.51. The highest BCUT2D eigenvalue weighted by atomic mass is 35.6. The second-order valence-corrected chi connectivity index (χ2v) is 11.9. The van der Waals surface area contributed by atoms with Crippen LogP contribution in [0.4, 0.5) is 0 Å². The Morgan fingerprint density at radius 3 is 2.35 bits per heavy atom. The van der Waals surface area contributed by atoms with Crippen molar-refractivity contribution in [3.63, 3.8) is 0 Å². The maximum Gasteiger partial charge on any atom is 0.246 e. The summed E-state index contributed by atoms with van der Waals surface area (Å²) in [6, 6.07) is -1.67. The zero-order chi connectivity index (χ0) is 23.8. The number of halogens is 6. The zero-order valence-electron chi connectivity index (χ0n) is 16.6. The van der Waals surface area contributed by atoms with E-state index >= 15 is 0 Å². The Kier molecular flexibility index (Phi) is 11.6. The van der Waals surface area contributed by atoms with Crippen molar-refractivity contribution < 1.29 is 19.1 Å². The van der Waals surface area contributed by atoms with E-state index in [1.165, 1.54) is 12.0 Å². The van der Waals surface area contributed by atoms with E-state index in [1.54, 1.807) is 0 Å². The van der Waals surface area contributed by atoms with Crippen molar-refractivity contribution in [2.24, 2.45) is 0 Å². The van der Waals surface area contributed by atoms with Crippen LogP contribution in [0.1, 0.15) is 38.5 Å². The first-order chi connectivity index (χ1) is 14.3. The van der Waals surface area contributed by atoms with Gasteiger partial charge < -0.3 is 15.0 Å². The Bertz CT molecular complexity index is 739. The molecule has 1 heterocycles. The highest BCUT2D eigenvalue weighted by Gasteiger charge is 2.41. The van der Waals surface area contributed by atoms with Crippen LogP contribution in [0.2, 0.25) is 0 Å². The largest absolute Gasteiger partial charge is 0.498 e. The van der Waals surface area contributed by atoms with Gasteiger partial charge >= 0.3 is 0 Å². The minimum Gasteiger partial charge on any atom is -0.498 e. The Morgan fingerprint density at radius 2 is 1.87 bits per heavy atom. The van der Waals surface area contributed by atoms with E-state index in [0.717, 1.165) is 0 Å². The normalized spacial score (nSPS) is 17.9. The molecule has 1 rings (SSSR count). The molecule has 1 N–H and O–H groups in total. The van der Waals surface area contributed by atoms with Gasteiger partial charge in [-0.05, 0) is 25.7 Å². The molecule has 0 bridgehead atoms. The summed E-state index contributed by atoms with van der Waals surface area (Å²) in [5.74, 6) is 1.75. The van der Waals surface area contributed by atoms with Crippen molar-refractivity contribution in [1.82, 2.24) is 10.2 Å². The molecule has 0 aromatic heterocycles. The number of rotatable bonds is 10. The summed E-state index contributed by atoms with van der Waals surface area (Å²) < 4.78 is 2.17.